The van der Waals surface area contributed by atoms with Crippen molar-refractivity contribution in [1.82, 2.24) is 0 Å². The minimum atomic E-state index is 0.348. The van der Waals surface area contributed by atoms with Gasteiger partial charge in [-0.15, -0.1) is 11.6 Å². The van der Waals surface area contributed by atoms with Gasteiger partial charge < -0.3 is 4.74 Å². The van der Waals surface area contributed by atoms with Crippen LogP contribution in [0.3, 0.4) is 0 Å². The fraction of sp³-hybridized carbons (Fsp3) is 0.143. The van der Waals surface area contributed by atoms with Gasteiger partial charge in [0.1, 0.15) is 12.4 Å². The molecule has 0 aliphatic heterocycles. The van der Waals surface area contributed by atoms with Crippen LogP contribution in [0.15, 0.2) is 42.5 Å². The third-order valence-electron chi connectivity index (χ3n) is 2.22. The highest BCUT2D eigenvalue weighted by Gasteiger charge is 1.95. The van der Waals surface area contributed by atoms with Gasteiger partial charge in [-0.2, -0.15) is 0 Å². The number of ether oxygens (including phenoxy) is 1. The van der Waals surface area contributed by atoms with E-state index in [1.54, 1.807) is 0 Å². The van der Waals surface area contributed by atoms with Crippen molar-refractivity contribution in [1.29, 1.82) is 0 Å². The van der Waals surface area contributed by atoms with E-state index in [2.05, 4.69) is 24.0 Å². The maximum absolute atomic E-state index is 5.48. The largest absolute Gasteiger partial charge is 0.481 e. The minimum absolute atomic E-state index is 0.348. The number of fused-ring (bicyclic) bond motifs is 1. The molecular weight excluding hydrogens is 220 g/mol. The predicted octanol–water partition coefficient (Wildman–Crippen LogP) is 3.46. The summed E-state index contributed by atoms with van der Waals surface area (Å²) in [6, 6.07) is 14.2. The first-order valence-corrected chi connectivity index (χ1v) is 5.57. The first kappa shape index (κ1) is 10.9. The smallest absolute Gasteiger partial charge is 0.149 e. The molecule has 0 radical (unpaired) electrons. The molecule has 2 heteroatoms. The lowest BCUT2D eigenvalue weighted by molar-refractivity contribution is 0.371. The lowest BCUT2D eigenvalue weighted by Crippen LogP contribution is -1.93. The second-order valence-electron chi connectivity index (χ2n) is 3.28. The zero-order valence-corrected chi connectivity index (χ0v) is 9.50. The highest BCUT2D eigenvalue weighted by atomic mass is 35.5. The molecule has 0 saturated heterocycles. The molecule has 0 fully saturated rings. The molecule has 0 aliphatic rings. The van der Waals surface area contributed by atoms with Gasteiger partial charge in [0.2, 0.25) is 0 Å². The standard InChI is InChI=1S/C14H11ClO/c15-9-3-4-10-16-14-8-7-12-5-1-2-6-13(12)11-14/h1-2,5-8,11H,9-10H2. The van der Waals surface area contributed by atoms with Gasteiger partial charge in [-0.05, 0) is 22.9 Å². The fourth-order valence-electron chi connectivity index (χ4n) is 1.47. The summed E-state index contributed by atoms with van der Waals surface area (Å²) in [5, 5.41) is 2.38. The van der Waals surface area contributed by atoms with Gasteiger partial charge in [0.25, 0.3) is 0 Å². The van der Waals surface area contributed by atoms with Gasteiger partial charge in [0.05, 0.1) is 5.88 Å². The number of hydrogen-bond donors (Lipinski definition) is 0. The molecule has 0 aliphatic carbocycles. The van der Waals surface area contributed by atoms with Gasteiger partial charge in [0.15, 0.2) is 0 Å². The Balaban J connectivity index is 2.13. The molecule has 0 saturated carbocycles. The van der Waals surface area contributed by atoms with Crippen molar-refractivity contribution < 1.29 is 4.74 Å². The Morgan fingerprint density at radius 2 is 1.81 bits per heavy atom. The van der Waals surface area contributed by atoms with E-state index in [9.17, 15) is 0 Å². The van der Waals surface area contributed by atoms with Crippen LogP contribution in [0.25, 0.3) is 10.8 Å². The third kappa shape index (κ3) is 2.68. The summed E-state index contributed by atoms with van der Waals surface area (Å²) in [6.07, 6.45) is 0. The van der Waals surface area contributed by atoms with Gasteiger partial charge in [-0.3, -0.25) is 0 Å². The summed E-state index contributed by atoms with van der Waals surface area (Å²) in [7, 11) is 0. The lowest BCUT2D eigenvalue weighted by atomic mass is 10.1. The molecule has 16 heavy (non-hydrogen) atoms. The number of hydrogen-bond acceptors (Lipinski definition) is 1. The molecule has 0 spiro atoms. The van der Waals surface area contributed by atoms with Crippen molar-refractivity contribution in [2.24, 2.45) is 0 Å². The molecule has 80 valence electrons. The number of benzene rings is 2. The predicted molar refractivity (Wildman–Crippen MR) is 67.9 cm³/mol. The molecule has 0 atom stereocenters. The quantitative estimate of drug-likeness (QED) is 0.567. The summed E-state index contributed by atoms with van der Waals surface area (Å²) < 4.78 is 5.48. The van der Waals surface area contributed by atoms with E-state index in [-0.39, 0.29) is 0 Å². The van der Waals surface area contributed by atoms with Crippen molar-refractivity contribution >= 4 is 22.4 Å². The van der Waals surface area contributed by atoms with Crippen molar-refractivity contribution in [3.8, 4) is 17.6 Å². The Labute approximate surface area is 100.0 Å². The van der Waals surface area contributed by atoms with Crippen LogP contribution < -0.4 is 4.74 Å². The molecule has 0 unspecified atom stereocenters. The van der Waals surface area contributed by atoms with Gasteiger partial charge in [-0.25, -0.2) is 0 Å². The number of alkyl halides is 1. The molecular formula is C14H11ClO. The van der Waals surface area contributed by atoms with Crippen LogP contribution in [-0.4, -0.2) is 12.5 Å². The minimum Gasteiger partial charge on any atom is -0.481 e. The summed E-state index contributed by atoms with van der Waals surface area (Å²) in [5.74, 6) is 6.76. The van der Waals surface area contributed by atoms with Crippen LogP contribution >= 0.6 is 11.6 Å². The van der Waals surface area contributed by atoms with Crippen LogP contribution in [0.4, 0.5) is 0 Å². The molecule has 1 nitrogen and oxygen atoms in total. The molecule has 2 aromatic rings. The molecule has 0 bridgehead atoms. The van der Waals surface area contributed by atoms with Crippen LogP contribution in [-0.2, 0) is 0 Å². The summed E-state index contributed by atoms with van der Waals surface area (Å²) >= 11 is 5.43. The first-order chi connectivity index (χ1) is 7.90. The van der Waals surface area contributed by atoms with Crippen LogP contribution in [0.2, 0.25) is 0 Å². The zero-order chi connectivity index (χ0) is 11.2. The first-order valence-electron chi connectivity index (χ1n) is 5.03. The molecule has 0 aromatic heterocycles. The summed E-state index contributed by atoms with van der Waals surface area (Å²) in [6.45, 7) is 0.380. The van der Waals surface area contributed by atoms with Crippen LogP contribution in [0.5, 0.6) is 5.75 Å². The molecule has 0 heterocycles. The highest BCUT2D eigenvalue weighted by molar-refractivity contribution is 6.19. The Morgan fingerprint density at radius 3 is 2.62 bits per heavy atom. The molecule has 2 aromatic carbocycles. The van der Waals surface area contributed by atoms with Crippen molar-refractivity contribution in [2.45, 2.75) is 0 Å². The SMILES string of the molecule is ClCC#CCOc1ccc2ccccc2c1. The normalized spacial score (nSPS) is 9.56. The average Bonchev–Trinajstić information content (AvgIpc) is 2.34. The summed E-state index contributed by atoms with van der Waals surface area (Å²) in [4.78, 5) is 0. The highest BCUT2D eigenvalue weighted by Crippen LogP contribution is 2.20. The van der Waals surface area contributed by atoms with E-state index in [0.717, 1.165) is 5.75 Å². The van der Waals surface area contributed by atoms with Crippen LogP contribution in [0, 0.1) is 11.8 Å². The zero-order valence-electron chi connectivity index (χ0n) is 8.74. The Kier molecular flexibility index (Phi) is 3.69. The van der Waals surface area contributed by atoms with E-state index in [0.29, 0.717) is 12.5 Å². The Bertz CT molecular complexity index is 537. The molecule has 0 amide bonds. The van der Waals surface area contributed by atoms with E-state index in [4.69, 9.17) is 16.3 Å². The monoisotopic (exact) mass is 230 g/mol. The second-order valence-corrected chi connectivity index (χ2v) is 3.55. The number of halogens is 1. The van der Waals surface area contributed by atoms with Crippen molar-refractivity contribution in [3.05, 3.63) is 42.5 Å². The lowest BCUT2D eigenvalue weighted by Gasteiger charge is -2.03. The maximum atomic E-state index is 5.48. The third-order valence-corrected chi connectivity index (χ3v) is 2.36. The average molecular weight is 231 g/mol. The van der Waals surface area contributed by atoms with Crippen LogP contribution in [0.1, 0.15) is 0 Å². The fourth-order valence-corrected chi connectivity index (χ4v) is 1.57. The topological polar surface area (TPSA) is 9.23 Å². The van der Waals surface area contributed by atoms with E-state index in [1.807, 2.05) is 30.3 Å². The van der Waals surface area contributed by atoms with Crippen molar-refractivity contribution in [3.63, 3.8) is 0 Å². The molecule has 2 rings (SSSR count). The maximum Gasteiger partial charge on any atom is 0.149 e. The number of rotatable bonds is 2. The Morgan fingerprint density at radius 1 is 1.00 bits per heavy atom. The van der Waals surface area contributed by atoms with Crippen molar-refractivity contribution in [2.75, 3.05) is 12.5 Å². The molecule has 0 N–H and O–H groups in total. The van der Waals surface area contributed by atoms with E-state index < -0.39 is 0 Å². The van der Waals surface area contributed by atoms with Gasteiger partial charge in [0, 0.05) is 0 Å². The Hall–Kier alpha value is -1.65. The van der Waals surface area contributed by atoms with E-state index in [1.165, 1.54) is 10.8 Å². The van der Waals surface area contributed by atoms with E-state index >= 15 is 0 Å². The second kappa shape index (κ2) is 5.44. The van der Waals surface area contributed by atoms with Gasteiger partial charge in [-0.1, -0.05) is 42.2 Å². The summed E-state index contributed by atoms with van der Waals surface area (Å²) in [5.41, 5.74) is 0. The van der Waals surface area contributed by atoms with Gasteiger partial charge >= 0.3 is 0 Å².